The zero-order valence-electron chi connectivity index (χ0n) is 12.5. The van der Waals surface area contributed by atoms with E-state index in [1.165, 1.54) is 13.0 Å². The summed E-state index contributed by atoms with van der Waals surface area (Å²) in [5.74, 6) is -1.76. The van der Waals surface area contributed by atoms with Crippen molar-refractivity contribution < 1.29 is 18.4 Å². The maximum absolute atomic E-state index is 13.4. The Balaban J connectivity index is 1.84. The lowest BCUT2D eigenvalue weighted by atomic mass is 10.1. The van der Waals surface area contributed by atoms with Gasteiger partial charge in [-0.3, -0.25) is 9.59 Å². The van der Waals surface area contributed by atoms with Crippen LogP contribution in [0.3, 0.4) is 0 Å². The lowest BCUT2D eigenvalue weighted by Gasteiger charge is -2.09. The van der Waals surface area contributed by atoms with Crippen molar-refractivity contribution in [3.63, 3.8) is 0 Å². The van der Waals surface area contributed by atoms with E-state index < -0.39 is 11.6 Å². The van der Waals surface area contributed by atoms with Gasteiger partial charge in [0.15, 0.2) is 5.78 Å². The highest BCUT2D eigenvalue weighted by Gasteiger charge is 2.09. The molecule has 0 aliphatic carbocycles. The zero-order chi connectivity index (χ0) is 16.8. The number of benzene rings is 2. The topological polar surface area (TPSA) is 58.2 Å². The van der Waals surface area contributed by atoms with Gasteiger partial charge in [0, 0.05) is 24.2 Å². The number of rotatable bonds is 6. The number of nitrogens with one attached hydrogen (secondary N) is 2. The molecule has 0 unspecified atom stereocenters. The summed E-state index contributed by atoms with van der Waals surface area (Å²) in [7, 11) is 0. The van der Waals surface area contributed by atoms with Gasteiger partial charge in [-0.2, -0.15) is 0 Å². The van der Waals surface area contributed by atoms with Crippen LogP contribution in [0.15, 0.2) is 42.5 Å². The number of hydrogen-bond donors (Lipinski definition) is 2. The molecule has 4 nitrogen and oxygen atoms in total. The molecule has 0 fully saturated rings. The van der Waals surface area contributed by atoms with Crippen LogP contribution >= 0.6 is 0 Å². The highest BCUT2D eigenvalue weighted by atomic mass is 19.1. The molecular formula is C17H16F2N2O2. The molecule has 120 valence electrons. The highest BCUT2D eigenvalue weighted by Crippen LogP contribution is 2.17. The van der Waals surface area contributed by atoms with Crippen molar-refractivity contribution in [3.05, 3.63) is 59.7 Å². The monoisotopic (exact) mass is 318 g/mol. The summed E-state index contributed by atoms with van der Waals surface area (Å²) < 4.78 is 26.8. The van der Waals surface area contributed by atoms with Crippen molar-refractivity contribution in [2.24, 2.45) is 0 Å². The number of amides is 1. The van der Waals surface area contributed by atoms with Crippen molar-refractivity contribution in [2.45, 2.75) is 13.3 Å². The van der Waals surface area contributed by atoms with E-state index in [0.717, 1.165) is 12.1 Å². The number of anilines is 2. The molecule has 0 aliphatic rings. The number of halogens is 2. The molecule has 0 atom stereocenters. The van der Waals surface area contributed by atoms with Crippen LogP contribution in [0.2, 0.25) is 0 Å². The Labute approximate surface area is 132 Å². The molecule has 0 aliphatic heterocycles. The molecule has 1 amide bonds. The molecule has 0 radical (unpaired) electrons. The van der Waals surface area contributed by atoms with Crippen LogP contribution in [0.25, 0.3) is 0 Å². The van der Waals surface area contributed by atoms with E-state index in [2.05, 4.69) is 10.6 Å². The fourth-order valence-electron chi connectivity index (χ4n) is 1.98. The Morgan fingerprint density at radius 2 is 1.61 bits per heavy atom. The first kappa shape index (κ1) is 16.6. The van der Waals surface area contributed by atoms with Gasteiger partial charge in [-0.05, 0) is 43.3 Å². The lowest BCUT2D eigenvalue weighted by Crippen LogP contribution is -2.17. The van der Waals surface area contributed by atoms with E-state index >= 15 is 0 Å². The van der Waals surface area contributed by atoms with Gasteiger partial charge in [0.05, 0.1) is 0 Å². The summed E-state index contributed by atoms with van der Waals surface area (Å²) >= 11 is 0. The SMILES string of the molecule is CC(=O)c1ccc(NC(=O)CCNc2c(F)cccc2F)cc1. The third kappa shape index (κ3) is 4.60. The first-order chi connectivity index (χ1) is 11.0. The number of carbonyl (C=O) groups excluding carboxylic acids is 2. The largest absolute Gasteiger partial charge is 0.380 e. The molecule has 0 heterocycles. The van der Waals surface area contributed by atoms with Crippen molar-refractivity contribution in [2.75, 3.05) is 17.2 Å². The summed E-state index contributed by atoms with van der Waals surface area (Å²) in [6.07, 6.45) is 0.0439. The molecule has 2 N–H and O–H groups in total. The van der Waals surface area contributed by atoms with Crippen LogP contribution in [0.4, 0.5) is 20.2 Å². The predicted molar refractivity (Wildman–Crippen MR) is 84.5 cm³/mol. The van der Waals surface area contributed by atoms with Gasteiger partial charge >= 0.3 is 0 Å². The quantitative estimate of drug-likeness (QED) is 0.800. The minimum absolute atomic E-state index is 0.0439. The van der Waals surface area contributed by atoms with Crippen LogP contribution in [0.1, 0.15) is 23.7 Å². The van der Waals surface area contributed by atoms with Crippen molar-refractivity contribution in [3.8, 4) is 0 Å². The average molecular weight is 318 g/mol. The van der Waals surface area contributed by atoms with Gasteiger partial charge in [0.2, 0.25) is 5.91 Å². The van der Waals surface area contributed by atoms with Crippen LogP contribution in [-0.2, 0) is 4.79 Å². The van der Waals surface area contributed by atoms with E-state index in [1.54, 1.807) is 24.3 Å². The van der Waals surface area contributed by atoms with Crippen molar-refractivity contribution in [1.82, 2.24) is 0 Å². The second-order valence-corrected chi connectivity index (χ2v) is 4.96. The summed E-state index contributed by atoms with van der Waals surface area (Å²) in [5.41, 5.74) is 0.864. The van der Waals surface area contributed by atoms with Gasteiger partial charge < -0.3 is 10.6 Å². The second-order valence-electron chi connectivity index (χ2n) is 4.96. The summed E-state index contributed by atoms with van der Waals surface area (Å²) in [4.78, 5) is 22.9. The fraction of sp³-hybridized carbons (Fsp3) is 0.176. The van der Waals surface area contributed by atoms with Crippen LogP contribution in [-0.4, -0.2) is 18.2 Å². The fourth-order valence-corrected chi connectivity index (χ4v) is 1.98. The number of ketones is 1. The van der Waals surface area contributed by atoms with Gasteiger partial charge in [-0.15, -0.1) is 0 Å². The van der Waals surface area contributed by atoms with Gasteiger partial charge in [0.1, 0.15) is 17.3 Å². The van der Waals surface area contributed by atoms with Crippen LogP contribution in [0, 0.1) is 11.6 Å². The van der Waals surface area contributed by atoms with E-state index in [4.69, 9.17) is 0 Å². The molecule has 0 saturated heterocycles. The molecule has 2 rings (SSSR count). The normalized spacial score (nSPS) is 10.2. The second kappa shape index (κ2) is 7.49. The van der Waals surface area contributed by atoms with Crippen molar-refractivity contribution in [1.29, 1.82) is 0 Å². The number of Topliss-reactive ketones (excluding diaryl/α,β-unsaturated/α-hetero) is 1. The molecule has 0 bridgehead atoms. The number of para-hydroxylation sites is 1. The smallest absolute Gasteiger partial charge is 0.226 e. The minimum Gasteiger partial charge on any atom is -0.380 e. The number of carbonyl (C=O) groups is 2. The third-order valence-electron chi connectivity index (χ3n) is 3.19. The van der Waals surface area contributed by atoms with Gasteiger partial charge in [0.25, 0.3) is 0 Å². The molecular weight excluding hydrogens is 302 g/mol. The maximum atomic E-state index is 13.4. The van der Waals surface area contributed by atoms with E-state index in [-0.39, 0.29) is 30.3 Å². The minimum atomic E-state index is -0.703. The Hall–Kier alpha value is -2.76. The molecule has 2 aromatic carbocycles. The van der Waals surface area contributed by atoms with Crippen LogP contribution < -0.4 is 10.6 Å². The zero-order valence-corrected chi connectivity index (χ0v) is 12.5. The molecule has 2 aromatic rings. The molecule has 0 saturated carbocycles. The lowest BCUT2D eigenvalue weighted by molar-refractivity contribution is -0.115. The Kier molecular flexibility index (Phi) is 5.41. The van der Waals surface area contributed by atoms with E-state index in [0.29, 0.717) is 11.3 Å². The number of hydrogen-bond acceptors (Lipinski definition) is 3. The van der Waals surface area contributed by atoms with E-state index in [9.17, 15) is 18.4 Å². The summed E-state index contributed by atoms with van der Waals surface area (Å²) in [6.45, 7) is 1.55. The molecule has 0 spiro atoms. The molecule has 0 aromatic heterocycles. The standard InChI is InChI=1S/C17H16F2N2O2/c1-11(22)12-5-7-13(8-6-12)21-16(23)9-10-20-17-14(18)3-2-4-15(17)19/h2-8,20H,9-10H2,1H3,(H,21,23). The first-order valence-corrected chi connectivity index (χ1v) is 7.06. The van der Waals surface area contributed by atoms with Gasteiger partial charge in [-0.25, -0.2) is 8.78 Å². The van der Waals surface area contributed by atoms with Crippen molar-refractivity contribution >= 4 is 23.1 Å². The summed E-state index contributed by atoms with van der Waals surface area (Å²) in [6, 6.07) is 10.0. The maximum Gasteiger partial charge on any atom is 0.226 e. The average Bonchev–Trinajstić information content (AvgIpc) is 2.51. The predicted octanol–water partition coefficient (Wildman–Crippen LogP) is 3.61. The molecule has 23 heavy (non-hydrogen) atoms. The molecule has 6 heteroatoms. The Morgan fingerprint density at radius 1 is 1.00 bits per heavy atom. The summed E-state index contributed by atoms with van der Waals surface area (Å²) in [5, 5.41) is 5.21. The highest BCUT2D eigenvalue weighted by molar-refractivity contribution is 5.95. The first-order valence-electron chi connectivity index (χ1n) is 7.06. The van der Waals surface area contributed by atoms with E-state index in [1.807, 2.05) is 0 Å². The Bertz CT molecular complexity index is 695. The third-order valence-corrected chi connectivity index (χ3v) is 3.19. The Morgan fingerprint density at radius 3 is 2.17 bits per heavy atom. The van der Waals surface area contributed by atoms with Gasteiger partial charge in [-0.1, -0.05) is 6.07 Å². The van der Waals surface area contributed by atoms with Crippen LogP contribution in [0.5, 0.6) is 0 Å².